The second-order valence-corrected chi connectivity index (χ2v) is 5.46. The van der Waals surface area contributed by atoms with Crippen molar-refractivity contribution in [3.05, 3.63) is 61.0 Å². The number of rotatable bonds is 6. The van der Waals surface area contributed by atoms with E-state index in [1.807, 2.05) is 19.1 Å². The van der Waals surface area contributed by atoms with Gasteiger partial charge < -0.3 is 10.2 Å². The zero-order chi connectivity index (χ0) is 18.5. The van der Waals surface area contributed by atoms with Crippen LogP contribution < -0.4 is 5.73 Å². The van der Waals surface area contributed by atoms with Gasteiger partial charge in [-0.25, -0.2) is 4.99 Å². The molecule has 24 heavy (non-hydrogen) atoms. The van der Waals surface area contributed by atoms with Gasteiger partial charge in [-0.05, 0) is 35.9 Å². The molecule has 1 heterocycles. The minimum Gasteiger partial charge on any atom is -0.415 e. The maximum atomic E-state index is 5.82. The first kappa shape index (κ1) is 21.8. The molecule has 0 bridgehead atoms. The minimum absolute atomic E-state index is 0.239. The van der Waals surface area contributed by atoms with Crippen LogP contribution in [0.5, 0.6) is 0 Å². The van der Waals surface area contributed by atoms with Gasteiger partial charge in [-0.2, -0.15) is 0 Å². The number of hydrogen-bond acceptors (Lipinski definition) is 5. The van der Waals surface area contributed by atoms with E-state index in [9.17, 15) is 0 Å². The van der Waals surface area contributed by atoms with Crippen LogP contribution in [0.4, 0.5) is 0 Å². The lowest BCUT2D eigenvalue weighted by Gasteiger charge is -1.99. The third-order valence-electron chi connectivity index (χ3n) is 2.28. The standard InChI is InChI=1S/C15H17BrN4O.C3H8/c1-5-8-11(9-6-2)14-19-20-15(21-14)13(10(4)17)18-12(16)7-3;1-3-2/h5-9H,1,3,17H2,2,4H3;3H2,1-2H3/b9-6-,11-8+,13-10+,18-12?;. The molecular weight excluding hydrogens is 368 g/mol. The zero-order valence-corrected chi connectivity index (χ0v) is 16.3. The third-order valence-corrected chi connectivity index (χ3v) is 2.78. The van der Waals surface area contributed by atoms with Crippen molar-refractivity contribution in [2.24, 2.45) is 10.7 Å². The van der Waals surface area contributed by atoms with Gasteiger partial charge in [-0.15, -0.1) is 10.2 Å². The molecule has 130 valence electrons. The average molecular weight is 393 g/mol. The van der Waals surface area contributed by atoms with Gasteiger partial charge in [0.15, 0.2) is 0 Å². The van der Waals surface area contributed by atoms with Crippen LogP contribution in [0.25, 0.3) is 11.3 Å². The Hall–Kier alpha value is -2.21. The van der Waals surface area contributed by atoms with Crippen molar-refractivity contribution in [3.63, 3.8) is 0 Å². The Balaban J connectivity index is 0.00000163. The molecule has 0 aliphatic rings. The lowest BCUT2D eigenvalue weighted by Crippen LogP contribution is -1.98. The molecule has 1 aromatic heterocycles. The smallest absolute Gasteiger partial charge is 0.268 e. The highest BCUT2D eigenvalue weighted by Crippen LogP contribution is 2.22. The molecule has 0 fully saturated rings. The monoisotopic (exact) mass is 392 g/mol. The second kappa shape index (κ2) is 12.2. The molecule has 5 nitrogen and oxygen atoms in total. The van der Waals surface area contributed by atoms with Crippen molar-refractivity contribution < 1.29 is 4.42 Å². The van der Waals surface area contributed by atoms with Crippen LogP contribution >= 0.6 is 15.9 Å². The van der Waals surface area contributed by atoms with Crippen LogP contribution in [0.1, 0.15) is 45.9 Å². The quantitative estimate of drug-likeness (QED) is 0.528. The van der Waals surface area contributed by atoms with Crippen molar-refractivity contribution in [2.45, 2.75) is 34.1 Å². The number of hydrogen-bond donors (Lipinski definition) is 1. The van der Waals surface area contributed by atoms with Gasteiger partial charge in [0.1, 0.15) is 10.3 Å². The highest BCUT2D eigenvalue weighted by molar-refractivity contribution is 9.18. The highest BCUT2D eigenvalue weighted by Gasteiger charge is 2.14. The third kappa shape index (κ3) is 7.37. The number of nitrogens with two attached hydrogens (primary N) is 1. The molecule has 0 spiro atoms. The summed E-state index contributed by atoms with van der Waals surface area (Å²) < 4.78 is 6.16. The summed E-state index contributed by atoms with van der Waals surface area (Å²) in [5.74, 6) is 0.606. The molecule has 0 atom stereocenters. The average Bonchev–Trinajstić information content (AvgIpc) is 3.02. The SMILES string of the molecule is C=C/C=C(\C=C/C)c1nnc(/C(N=C(Br)C=C)=C(/C)N)o1.CCC. The van der Waals surface area contributed by atoms with E-state index in [0.29, 0.717) is 21.9 Å². The van der Waals surface area contributed by atoms with Crippen LogP contribution in [0.15, 0.2) is 58.6 Å². The van der Waals surface area contributed by atoms with Gasteiger partial charge in [0, 0.05) is 11.3 Å². The summed E-state index contributed by atoms with van der Waals surface area (Å²) in [7, 11) is 0. The molecule has 6 heteroatoms. The lowest BCUT2D eigenvalue weighted by atomic mass is 10.2. The molecule has 0 radical (unpaired) electrons. The summed E-state index contributed by atoms with van der Waals surface area (Å²) in [6, 6.07) is 0. The summed E-state index contributed by atoms with van der Waals surface area (Å²) in [5, 5.41) is 7.99. The Morgan fingerprint density at radius 1 is 1.29 bits per heavy atom. The predicted molar refractivity (Wildman–Crippen MR) is 107 cm³/mol. The predicted octanol–water partition coefficient (Wildman–Crippen LogP) is 5.26. The van der Waals surface area contributed by atoms with E-state index in [1.165, 1.54) is 6.42 Å². The Morgan fingerprint density at radius 3 is 2.33 bits per heavy atom. The van der Waals surface area contributed by atoms with E-state index in [-0.39, 0.29) is 5.89 Å². The minimum atomic E-state index is 0.239. The molecule has 0 aliphatic carbocycles. The van der Waals surface area contributed by atoms with Crippen molar-refractivity contribution in [1.82, 2.24) is 10.2 Å². The first-order chi connectivity index (χ1) is 11.4. The maximum Gasteiger partial charge on any atom is 0.268 e. The fraction of sp³-hybridized carbons (Fsp3) is 0.278. The molecule has 0 aliphatic heterocycles. The normalized spacial score (nSPS) is 13.2. The molecule has 0 saturated heterocycles. The zero-order valence-electron chi connectivity index (χ0n) is 14.7. The molecule has 0 saturated carbocycles. The molecule has 1 aromatic rings. The van der Waals surface area contributed by atoms with E-state index in [1.54, 1.807) is 25.2 Å². The van der Waals surface area contributed by atoms with Crippen LogP contribution in [0.3, 0.4) is 0 Å². The Morgan fingerprint density at radius 2 is 1.88 bits per heavy atom. The number of aliphatic imine (C=N–C) groups is 1. The van der Waals surface area contributed by atoms with Crippen molar-refractivity contribution in [1.29, 1.82) is 0 Å². The molecule has 0 aromatic carbocycles. The van der Waals surface area contributed by atoms with Crippen molar-refractivity contribution in [2.75, 3.05) is 0 Å². The van der Waals surface area contributed by atoms with Gasteiger partial charge >= 0.3 is 0 Å². The first-order valence-electron chi connectivity index (χ1n) is 7.57. The van der Waals surface area contributed by atoms with Gasteiger partial charge in [0.2, 0.25) is 5.89 Å². The van der Waals surface area contributed by atoms with Gasteiger partial charge in [0.05, 0.1) is 0 Å². The molecular formula is C18H25BrN4O. The molecule has 0 amide bonds. The number of aromatic nitrogens is 2. The van der Waals surface area contributed by atoms with Crippen molar-refractivity contribution >= 4 is 31.8 Å². The van der Waals surface area contributed by atoms with Gasteiger partial charge in [0.25, 0.3) is 5.89 Å². The van der Waals surface area contributed by atoms with Gasteiger partial charge in [-0.3, -0.25) is 0 Å². The van der Waals surface area contributed by atoms with Crippen LogP contribution in [0, 0.1) is 0 Å². The largest absolute Gasteiger partial charge is 0.415 e. The van der Waals surface area contributed by atoms with E-state index < -0.39 is 0 Å². The van der Waals surface area contributed by atoms with Crippen LogP contribution in [-0.4, -0.2) is 14.8 Å². The van der Waals surface area contributed by atoms with E-state index >= 15 is 0 Å². The Bertz CT molecular complexity index is 662. The maximum absolute atomic E-state index is 5.82. The number of allylic oxidation sites excluding steroid dienone is 7. The van der Waals surface area contributed by atoms with Crippen molar-refractivity contribution in [3.8, 4) is 0 Å². The van der Waals surface area contributed by atoms with Gasteiger partial charge in [-0.1, -0.05) is 57.7 Å². The Labute approximate surface area is 152 Å². The Kier molecular flexibility index (Phi) is 11.1. The topological polar surface area (TPSA) is 77.3 Å². The van der Waals surface area contributed by atoms with E-state index in [2.05, 4.69) is 58.1 Å². The number of halogens is 1. The summed E-state index contributed by atoms with van der Waals surface area (Å²) in [4.78, 5) is 4.25. The number of nitrogens with zero attached hydrogens (tertiary/aromatic N) is 3. The lowest BCUT2D eigenvalue weighted by molar-refractivity contribution is 0.524. The summed E-state index contributed by atoms with van der Waals surface area (Å²) in [5.41, 5.74) is 7.44. The second-order valence-electron chi connectivity index (χ2n) is 4.65. The molecule has 0 unspecified atom stereocenters. The molecule has 1 rings (SSSR count). The van der Waals surface area contributed by atoms with E-state index in [4.69, 9.17) is 10.2 Å². The van der Waals surface area contributed by atoms with Crippen LogP contribution in [0.2, 0.25) is 0 Å². The van der Waals surface area contributed by atoms with E-state index in [0.717, 1.165) is 5.57 Å². The summed E-state index contributed by atoms with van der Waals surface area (Å²) >= 11 is 3.25. The summed E-state index contributed by atoms with van der Waals surface area (Å²) in [6.45, 7) is 15.1. The fourth-order valence-electron chi connectivity index (χ4n) is 1.40. The fourth-order valence-corrected chi connectivity index (χ4v) is 1.57. The summed E-state index contributed by atoms with van der Waals surface area (Å²) in [6.07, 6.45) is 9.94. The van der Waals surface area contributed by atoms with Crippen LogP contribution in [-0.2, 0) is 0 Å². The molecule has 2 N–H and O–H groups in total. The first-order valence-corrected chi connectivity index (χ1v) is 8.36. The highest BCUT2D eigenvalue weighted by atomic mass is 79.9.